The Morgan fingerprint density at radius 2 is 1.95 bits per heavy atom. The van der Waals surface area contributed by atoms with Crippen molar-refractivity contribution in [2.24, 2.45) is 11.8 Å². The molecule has 0 aliphatic heterocycles. The number of hydrogen-bond donors (Lipinski definition) is 1. The van der Waals surface area contributed by atoms with Gasteiger partial charge >= 0.3 is 0 Å². The van der Waals surface area contributed by atoms with Crippen molar-refractivity contribution in [3.05, 3.63) is 29.3 Å². The Balaban J connectivity index is 2.04. The summed E-state index contributed by atoms with van der Waals surface area (Å²) in [7, 11) is 1.76. The summed E-state index contributed by atoms with van der Waals surface area (Å²) in [6, 6.07) is 7.44. The van der Waals surface area contributed by atoms with Crippen LogP contribution < -0.4 is 10.1 Å². The Bertz CT molecular complexity index is 455. The lowest BCUT2D eigenvalue weighted by molar-refractivity contribution is 0.222. The molecule has 0 heterocycles. The van der Waals surface area contributed by atoms with Gasteiger partial charge in [0.05, 0.1) is 7.11 Å². The van der Waals surface area contributed by atoms with Crippen LogP contribution in [0.1, 0.15) is 63.6 Å². The SMILES string of the molecule is COc1ccc(C)cc1C(C)NC1CCCC(C(C)C)C1. The van der Waals surface area contributed by atoms with Crippen LogP contribution in [0.15, 0.2) is 18.2 Å². The van der Waals surface area contributed by atoms with E-state index in [1.54, 1.807) is 7.11 Å². The molecule has 2 heteroatoms. The van der Waals surface area contributed by atoms with E-state index >= 15 is 0 Å². The number of benzene rings is 1. The van der Waals surface area contributed by atoms with Crippen molar-refractivity contribution in [2.45, 2.75) is 65.5 Å². The maximum absolute atomic E-state index is 5.53. The zero-order chi connectivity index (χ0) is 15.4. The summed E-state index contributed by atoms with van der Waals surface area (Å²) in [6.07, 6.45) is 5.38. The van der Waals surface area contributed by atoms with E-state index in [2.05, 4.69) is 51.2 Å². The normalized spacial score (nSPS) is 24.1. The Kier molecular flexibility index (Phi) is 5.69. The fourth-order valence-electron chi connectivity index (χ4n) is 3.62. The van der Waals surface area contributed by atoms with Crippen LogP contribution in [0.4, 0.5) is 0 Å². The molecule has 0 radical (unpaired) electrons. The van der Waals surface area contributed by atoms with E-state index in [-0.39, 0.29) is 0 Å². The van der Waals surface area contributed by atoms with Crippen molar-refractivity contribution in [2.75, 3.05) is 7.11 Å². The largest absolute Gasteiger partial charge is 0.496 e. The van der Waals surface area contributed by atoms with Gasteiger partial charge in [0, 0.05) is 17.6 Å². The van der Waals surface area contributed by atoms with Crippen LogP contribution in [-0.2, 0) is 0 Å². The number of hydrogen-bond acceptors (Lipinski definition) is 2. The van der Waals surface area contributed by atoms with Crippen LogP contribution in [0.25, 0.3) is 0 Å². The van der Waals surface area contributed by atoms with E-state index < -0.39 is 0 Å². The smallest absolute Gasteiger partial charge is 0.123 e. The van der Waals surface area contributed by atoms with Crippen LogP contribution in [0.3, 0.4) is 0 Å². The number of ether oxygens (including phenoxy) is 1. The Morgan fingerprint density at radius 3 is 2.62 bits per heavy atom. The van der Waals surface area contributed by atoms with Crippen molar-refractivity contribution >= 4 is 0 Å². The second kappa shape index (κ2) is 7.31. The van der Waals surface area contributed by atoms with Gasteiger partial charge in [0.15, 0.2) is 0 Å². The third kappa shape index (κ3) is 4.23. The van der Waals surface area contributed by atoms with Gasteiger partial charge in [-0.25, -0.2) is 0 Å². The summed E-state index contributed by atoms with van der Waals surface area (Å²) < 4.78 is 5.53. The van der Waals surface area contributed by atoms with Gasteiger partial charge in [-0.1, -0.05) is 44.4 Å². The fourth-order valence-corrected chi connectivity index (χ4v) is 3.62. The Hall–Kier alpha value is -1.02. The molecule has 1 aliphatic carbocycles. The molecular formula is C19H31NO. The number of methoxy groups -OCH3 is 1. The maximum Gasteiger partial charge on any atom is 0.123 e. The molecule has 0 amide bonds. The van der Waals surface area contributed by atoms with Gasteiger partial charge in [0.25, 0.3) is 0 Å². The number of aryl methyl sites for hydroxylation is 1. The first-order chi connectivity index (χ1) is 10.0. The van der Waals surface area contributed by atoms with Gasteiger partial charge in [-0.05, 0) is 44.6 Å². The quantitative estimate of drug-likeness (QED) is 0.835. The molecule has 118 valence electrons. The van der Waals surface area contributed by atoms with Crippen molar-refractivity contribution in [3.63, 3.8) is 0 Å². The summed E-state index contributed by atoms with van der Waals surface area (Å²) in [6.45, 7) is 9.13. The summed E-state index contributed by atoms with van der Waals surface area (Å²) in [4.78, 5) is 0. The van der Waals surface area contributed by atoms with E-state index in [4.69, 9.17) is 4.74 Å². The maximum atomic E-state index is 5.53. The molecule has 1 aromatic rings. The highest BCUT2D eigenvalue weighted by Gasteiger charge is 2.25. The summed E-state index contributed by atoms with van der Waals surface area (Å²) in [5.41, 5.74) is 2.58. The van der Waals surface area contributed by atoms with E-state index in [1.165, 1.54) is 36.8 Å². The van der Waals surface area contributed by atoms with Crippen molar-refractivity contribution in [1.29, 1.82) is 0 Å². The van der Waals surface area contributed by atoms with Crippen LogP contribution in [0, 0.1) is 18.8 Å². The number of nitrogens with one attached hydrogen (secondary N) is 1. The van der Waals surface area contributed by atoms with Gasteiger partial charge in [-0.15, -0.1) is 0 Å². The molecule has 3 atom stereocenters. The molecular weight excluding hydrogens is 258 g/mol. The van der Waals surface area contributed by atoms with Crippen LogP contribution in [0.5, 0.6) is 5.75 Å². The third-order valence-electron chi connectivity index (χ3n) is 4.99. The Morgan fingerprint density at radius 1 is 1.19 bits per heavy atom. The molecule has 2 rings (SSSR count). The highest BCUT2D eigenvalue weighted by atomic mass is 16.5. The van der Waals surface area contributed by atoms with Crippen molar-refractivity contribution in [3.8, 4) is 5.75 Å². The van der Waals surface area contributed by atoms with Gasteiger partial charge < -0.3 is 10.1 Å². The molecule has 1 aromatic carbocycles. The first-order valence-electron chi connectivity index (χ1n) is 8.41. The third-order valence-corrected chi connectivity index (χ3v) is 4.99. The lowest BCUT2D eigenvalue weighted by Crippen LogP contribution is -2.37. The Labute approximate surface area is 130 Å². The van der Waals surface area contributed by atoms with E-state index in [1.807, 2.05) is 0 Å². The van der Waals surface area contributed by atoms with Crippen molar-refractivity contribution in [1.82, 2.24) is 5.32 Å². The zero-order valence-corrected chi connectivity index (χ0v) is 14.3. The van der Waals surface area contributed by atoms with E-state index in [0.29, 0.717) is 12.1 Å². The topological polar surface area (TPSA) is 21.3 Å². The molecule has 0 aromatic heterocycles. The van der Waals surface area contributed by atoms with Gasteiger partial charge in [-0.3, -0.25) is 0 Å². The summed E-state index contributed by atoms with van der Waals surface area (Å²) in [5, 5.41) is 3.84. The lowest BCUT2D eigenvalue weighted by Gasteiger charge is -2.34. The number of rotatable bonds is 5. The molecule has 1 N–H and O–H groups in total. The average Bonchev–Trinajstić information content (AvgIpc) is 2.47. The molecule has 3 unspecified atom stereocenters. The monoisotopic (exact) mass is 289 g/mol. The molecule has 0 spiro atoms. The average molecular weight is 289 g/mol. The standard InChI is InChI=1S/C19H31NO/c1-13(2)16-7-6-8-17(12-16)20-15(4)18-11-14(3)9-10-19(18)21-5/h9-11,13,15-17,20H,6-8,12H2,1-5H3. The van der Waals surface area contributed by atoms with Gasteiger partial charge in [0.1, 0.15) is 5.75 Å². The lowest BCUT2D eigenvalue weighted by atomic mass is 9.79. The zero-order valence-electron chi connectivity index (χ0n) is 14.3. The predicted molar refractivity (Wildman–Crippen MR) is 89.9 cm³/mol. The summed E-state index contributed by atoms with van der Waals surface area (Å²) in [5.74, 6) is 2.68. The minimum atomic E-state index is 0.343. The second-order valence-corrected chi connectivity index (χ2v) is 7.00. The molecule has 1 fully saturated rings. The molecule has 1 saturated carbocycles. The minimum Gasteiger partial charge on any atom is -0.496 e. The first-order valence-corrected chi connectivity index (χ1v) is 8.41. The highest BCUT2D eigenvalue weighted by Crippen LogP contribution is 2.32. The van der Waals surface area contributed by atoms with E-state index in [0.717, 1.165) is 17.6 Å². The summed E-state index contributed by atoms with van der Waals surface area (Å²) >= 11 is 0. The first kappa shape index (κ1) is 16.4. The van der Waals surface area contributed by atoms with Crippen molar-refractivity contribution < 1.29 is 4.74 Å². The van der Waals surface area contributed by atoms with Crippen LogP contribution >= 0.6 is 0 Å². The van der Waals surface area contributed by atoms with Gasteiger partial charge in [-0.2, -0.15) is 0 Å². The second-order valence-electron chi connectivity index (χ2n) is 7.00. The fraction of sp³-hybridized carbons (Fsp3) is 0.684. The van der Waals surface area contributed by atoms with Crippen LogP contribution in [-0.4, -0.2) is 13.2 Å². The van der Waals surface area contributed by atoms with Crippen LogP contribution in [0.2, 0.25) is 0 Å². The van der Waals surface area contributed by atoms with Gasteiger partial charge in [0.2, 0.25) is 0 Å². The molecule has 0 bridgehead atoms. The molecule has 21 heavy (non-hydrogen) atoms. The van der Waals surface area contributed by atoms with E-state index in [9.17, 15) is 0 Å². The predicted octanol–water partition coefficient (Wildman–Crippen LogP) is 4.87. The molecule has 2 nitrogen and oxygen atoms in total. The highest BCUT2D eigenvalue weighted by molar-refractivity contribution is 5.38. The minimum absolute atomic E-state index is 0.343. The molecule has 1 aliphatic rings. The molecule has 0 saturated heterocycles.